The molecule has 0 aliphatic carbocycles. The van der Waals surface area contributed by atoms with Crippen LogP contribution in [0.1, 0.15) is 12.5 Å². The smallest absolute Gasteiger partial charge is 0.243 e. The van der Waals surface area contributed by atoms with E-state index in [9.17, 15) is 4.79 Å². The van der Waals surface area contributed by atoms with Crippen molar-refractivity contribution in [1.82, 2.24) is 0 Å². The Morgan fingerprint density at radius 3 is 2.52 bits per heavy atom. The quantitative estimate of drug-likeness (QED) is 0.829. The first-order chi connectivity index (χ1) is 10.1. The molecule has 2 rings (SSSR count). The third-order valence-corrected chi connectivity index (χ3v) is 3.28. The van der Waals surface area contributed by atoms with Crippen LogP contribution >= 0.6 is 0 Å². The number of benzene rings is 2. The van der Waals surface area contributed by atoms with E-state index in [-0.39, 0.29) is 5.91 Å². The second kappa shape index (κ2) is 6.79. The van der Waals surface area contributed by atoms with Crippen LogP contribution in [0.3, 0.4) is 0 Å². The minimum Gasteiger partial charge on any atom is -0.399 e. The third kappa shape index (κ3) is 4.24. The number of nitrogens with two attached hydrogens (primary N) is 1. The molecule has 0 unspecified atom stereocenters. The van der Waals surface area contributed by atoms with Crippen molar-refractivity contribution in [3.05, 3.63) is 54.1 Å². The Kier molecular flexibility index (Phi) is 4.82. The van der Waals surface area contributed by atoms with E-state index in [1.165, 1.54) is 5.56 Å². The van der Waals surface area contributed by atoms with E-state index in [0.717, 1.165) is 17.9 Å². The highest BCUT2D eigenvalue weighted by Crippen LogP contribution is 2.16. The van der Waals surface area contributed by atoms with Crippen molar-refractivity contribution in [3.8, 4) is 0 Å². The lowest BCUT2D eigenvalue weighted by Crippen LogP contribution is -2.33. The summed E-state index contributed by atoms with van der Waals surface area (Å²) in [7, 11) is 0. The Balaban J connectivity index is 2.01. The molecule has 0 radical (unpaired) electrons. The lowest BCUT2D eigenvalue weighted by Gasteiger charge is -2.22. The van der Waals surface area contributed by atoms with Gasteiger partial charge in [0.15, 0.2) is 0 Å². The second-order valence-corrected chi connectivity index (χ2v) is 5.02. The van der Waals surface area contributed by atoms with Crippen LogP contribution in [0.4, 0.5) is 17.1 Å². The standard InChI is InChI=1S/C17H21N3O/c1-3-20(16-6-4-5-13(2)11-16)12-17(21)19-15-9-7-14(18)8-10-15/h4-11H,3,12,18H2,1-2H3,(H,19,21). The average Bonchev–Trinajstić information content (AvgIpc) is 2.47. The molecule has 0 aromatic heterocycles. The average molecular weight is 283 g/mol. The molecule has 1 amide bonds. The Morgan fingerprint density at radius 1 is 1.19 bits per heavy atom. The van der Waals surface area contributed by atoms with Crippen LogP contribution in [0, 0.1) is 6.92 Å². The van der Waals surface area contributed by atoms with E-state index in [0.29, 0.717) is 12.2 Å². The molecular weight excluding hydrogens is 262 g/mol. The Hall–Kier alpha value is -2.49. The number of hydrogen-bond donors (Lipinski definition) is 2. The molecule has 0 aliphatic rings. The molecule has 21 heavy (non-hydrogen) atoms. The zero-order chi connectivity index (χ0) is 15.2. The molecular formula is C17H21N3O. The maximum Gasteiger partial charge on any atom is 0.243 e. The number of nitrogens with one attached hydrogen (secondary N) is 1. The topological polar surface area (TPSA) is 58.4 Å². The zero-order valence-corrected chi connectivity index (χ0v) is 12.5. The minimum absolute atomic E-state index is 0.0388. The molecule has 0 fully saturated rings. The van der Waals surface area contributed by atoms with Crippen LogP contribution in [-0.4, -0.2) is 19.0 Å². The molecule has 2 aromatic carbocycles. The largest absolute Gasteiger partial charge is 0.399 e. The lowest BCUT2D eigenvalue weighted by atomic mass is 10.2. The fraction of sp³-hybridized carbons (Fsp3) is 0.235. The number of anilines is 3. The predicted octanol–water partition coefficient (Wildman–Crippen LogP) is 3.04. The van der Waals surface area contributed by atoms with Crippen LogP contribution < -0.4 is 16.0 Å². The summed E-state index contributed by atoms with van der Waals surface area (Å²) >= 11 is 0. The van der Waals surface area contributed by atoms with Crippen molar-refractivity contribution in [3.63, 3.8) is 0 Å². The molecule has 0 saturated carbocycles. The van der Waals surface area contributed by atoms with Gasteiger partial charge >= 0.3 is 0 Å². The summed E-state index contributed by atoms with van der Waals surface area (Å²) < 4.78 is 0. The lowest BCUT2D eigenvalue weighted by molar-refractivity contribution is -0.115. The van der Waals surface area contributed by atoms with E-state index < -0.39 is 0 Å². The van der Waals surface area contributed by atoms with E-state index in [1.807, 2.05) is 36.9 Å². The summed E-state index contributed by atoms with van der Waals surface area (Å²) in [6.07, 6.45) is 0. The van der Waals surface area contributed by atoms with E-state index in [1.54, 1.807) is 24.3 Å². The molecule has 0 atom stereocenters. The highest BCUT2D eigenvalue weighted by molar-refractivity contribution is 5.94. The van der Waals surface area contributed by atoms with E-state index >= 15 is 0 Å². The highest BCUT2D eigenvalue weighted by Gasteiger charge is 2.10. The monoisotopic (exact) mass is 283 g/mol. The summed E-state index contributed by atoms with van der Waals surface area (Å²) in [5.41, 5.74) is 9.32. The van der Waals surface area contributed by atoms with Gasteiger partial charge in [0.2, 0.25) is 5.91 Å². The van der Waals surface area contributed by atoms with Crippen molar-refractivity contribution in [2.75, 3.05) is 29.0 Å². The van der Waals surface area contributed by atoms with Gasteiger partial charge in [-0.25, -0.2) is 0 Å². The van der Waals surface area contributed by atoms with Gasteiger partial charge in [0.25, 0.3) is 0 Å². The van der Waals surface area contributed by atoms with Crippen molar-refractivity contribution < 1.29 is 4.79 Å². The van der Waals surface area contributed by atoms with Gasteiger partial charge in [-0.1, -0.05) is 12.1 Å². The molecule has 3 N–H and O–H groups in total. The first-order valence-corrected chi connectivity index (χ1v) is 7.05. The zero-order valence-electron chi connectivity index (χ0n) is 12.5. The number of nitrogens with zero attached hydrogens (tertiary/aromatic N) is 1. The van der Waals surface area contributed by atoms with Crippen LogP contribution in [0.15, 0.2) is 48.5 Å². The Labute approximate surface area is 125 Å². The van der Waals surface area contributed by atoms with Gasteiger partial charge in [0, 0.05) is 23.6 Å². The number of amides is 1. The number of hydrogen-bond acceptors (Lipinski definition) is 3. The van der Waals surface area contributed by atoms with E-state index in [4.69, 9.17) is 5.73 Å². The normalized spacial score (nSPS) is 10.2. The van der Waals surface area contributed by atoms with Gasteiger partial charge < -0.3 is 16.0 Å². The molecule has 0 bridgehead atoms. The fourth-order valence-corrected chi connectivity index (χ4v) is 2.15. The SMILES string of the molecule is CCN(CC(=O)Nc1ccc(N)cc1)c1cccc(C)c1. The van der Waals surface area contributed by atoms with Crippen molar-refractivity contribution in [1.29, 1.82) is 0 Å². The highest BCUT2D eigenvalue weighted by atomic mass is 16.2. The van der Waals surface area contributed by atoms with E-state index in [2.05, 4.69) is 11.4 Å². The summed E-state index contributed by atoms with van der Waals surface area (Å²) in [6, 6.07) is 15.3. The summed E-state index contributed by atoms with van der Waals surface area (Å²) in [6.45, 7) is 5.19. The number of carbonyl (C=O) groups is 1. The molecule has 0 saturated heterocycles. The summed E-state index contributed by atoms with van der Waals surface area (Å²) in [5, 5.41) is 2.88. The van der Waals surface area contributed by atoms with Crippen LogP contribution in [0.25, 0.3) is 0 Å². The number of aryl methyl sites for hydroxylation is 1. The number of carbonyl (C=O) groups excluding carboxylic acids is 1. The van der Waals surface area contributed by atoms with Gasteiger partial charge in [-0.2, -0.15) is 0 Å². The number of nitrogen functional groups attached to an aromatic ring is 1. The molecule has 4 nitrogen and oxygen atoms in total. The van der Waals surface area contributed by atoms with Gasteiger partial charge in [0.05, 0.1) is 6.54 Å². The van der Waals surface area contributed by atoms with Crippen LogP contribution in [-0.2, 0) is 4.79 Å². The molecule has 110 valence electrons. The van der Waals surface area contributed by atoms with Crippen molar-refractivity contribution >= 4 is 23.0 Å². The first-order valence-electron chi connectivity index (χ1n) is 7.05. The molecule has 0 heterocycles. The molecule has 2 aromatic rings. The fourth-order valence-electron chi connectivity index (χ4n) is 2.15. The first kappa shape index (κ1) is 14.9. The second-order valence-electron chi connectivity index (χ2n) is 5.02. The van der Waals surface area contributed by atoms with Crippen molar-refractivity contribution in [2.45, 2.75) is 13.8 Å². The maximum atomic E-state index is 12.1. The maximum absolute atomic E-state index is 12.1. The number of likely N-dealkylation sites (N-methyl/N-ethyl adjacent to an activating group) is 1. The molecule has 0 aliphatic heterocycles. The van der Waals surface area contributed by atoms with Gasteiger partial charge in [0.1, 0.15) is 0 Å². The Bertz CT molecular complexity index is 608. The minimum atomic E-state index is -0.0388. The van der Waals surface area contributed by atoms with Crippen molar-refractivity contribution in [2.24, 2.45) is 0 Å². The van der Waals surface area contributed by atoms with Crippen LogP contribution in [0.5, 0.6) is 0 Å². The summed E-state index contributed by atoms with van der Waals surface area (Å²) in [5.74, 6) is -0.0388. The summed E-state index contributed by atoms with van der Waals surface area (Å²) in [4.78, 5) is 14.2. The molecule has 4 heteroatoms. The third-order valence-electron chi connectivity index (χ3n) is 3.28. The van der Waals surface area contributed by atoms with Gasteiger partial charge in [-0.15, -0.1) is 0 Å². The Morgan fingerprint density at radius 2 is 1.90 bits per heavy atom. The molecule has 0 spiro atoms. The van der Waals surface area contributed by atoms with Crippen LogP contribution in [0.2, 0.25) is 0 Å². The van der Waals surface area contributed by atoms with Gasteiger partial charge in [-0.05, 0) is 55.8 Å². The van der Waals surface area contributed by atoms with Gasteiger partial charge in [-0.3, -0.25) is 4.79 Å². The number of rotatable bonds is 5. The predicted molar refractivity (Wildman–Crippen MR) is 88.6 cm³/mol.